The molecular formula is C22H27ClN2O2. The molecule has 2 aromatic carbocycles. The van der Waals surface area contributed by atoms with E-state index in [0.29, 0.717) is 13.0 Å². The highest BCUT2D eigenvalue weighted by Gasteiger charge is 2.17. The standard InChI is InChI=1S/C22H27ClN2O2/c23-20-9-6-10-21(17-20)25-15-13-24(14-16-25)12-5-4-11-22(26)27-18-19-7-2-1-3-8-19/h1-3,6-10,17H,4-5,11-16,18H2. The number of ether oxygens (including phenoxy) is 1. The van der Waals surface area contributed by atoms with Gasteiger partial charge in [0.15, 0.2) is 0 Å². The highest BCUT2D eigenvalue weighted by Crippen LogP contribution is 2.20. The molecule has 0 radical (unpaired) electrons. The lowest BCUT2D eigenvalue weighted by Gasteiger charge is -2.36. The van der Waals surface area contributed by atoms with Crippen LogP contribution >= 0.6 is 11.6 Å². The van der Waals surface area contributed by atoms with E-state index in [4.69, 9.17) is 16.3 Å². The van der Waals surface area contributed by atoms with E-state index >= 15 is 0 Å². The Morgan fingerprint density at radius 3 is 2.48 bits per heavy atom. The molecule has 0 saturated carbocycles. The van der Waals surface area contributed by atoms with Gasteiger partial charge in [0.1, 0.15) is 6.61 Å². The SMILES string of the molecule is O=C(CCCCN1CCN(c2cccc(Cl)c2)CC1)OCc1ccccc1. The molecule has 1 saturated heterocycles. The minimum absolute atomic E-state index is 0.107. The molecule has 2 aromatic rings. The molecule has 0 aromatic heterocycles. The van der Waals surface area contributed by atoms with Gasteiger partial charge < -0.3 is 9.64 Å². The molecule has 5 heteroatoms. The van der Waals surface area contributed by atoms with Gasteiger partial charge in [-0.05, 0) is 43.1 Å². The zero-order chi connectivity index (χ0) is 18.9. The van der Waals surface area contributed by atoms with Gasteiger partial charge in [-0.3, -0.25) is 9.69 Å². The number of nitrogens with zero attached hydrogens (tertiary/aromatic N) is 2. The first-order chi connectivity index (χ1) is 13.2. The fourth-order valence-electron chi connectivity index (χ4n) is 3.32. The number of esters is 1. The van der Waals surface area contributed by atoms with E-state index in [1.54, 1.807) is 0 Å². The summed E-state index contributed by atoms with van der Waals surface area (Å²) in [6.07, 6.45) is 2.40. The number of benzene rings is 2. The Labute approximate surface area is 166 Å². The zero-order valence-electron chi connectivity index (χ0n) is 15.6. The molecule has 0 aliphatic carbocycles. The average molecular weight is 387 g/mol. The van der Waals surface area contributed by atoms with E-state index in [1.807, 2.05) is 48.5 Å². The summed E-state index contributed by atoms with van der Waals surface area (Å²) in [5, 5.41) is 0.786. The van der Waals surface area contributed by atoms with Crippen molar-refractivity contribution in [1.82, 2.24) is 4.90 Å². The molecule has 1 aliphatic rings. The Morgan fingerprint density at radius 2 is 1.74 bits per heavy atom. The first kappa shape index (κ1) is 19.7. The Morgan fingerprint density at radius 1 is 0.963 bits per heavy atom. The molecule has 27 heavy (non-hydrogen) atoms. The van der Waals surface area contributed by atoms with Crippen LogP contribution < -0.4 is 4.90 Å². The predicted octanol–water partition coefficient (Wildman–Crippen LogP) is 4.38. The van der Waals surface area contributed by atoms with Crippen molar-refractivity contribution in [2.45, 2.75) is 25.9 Å². The summed E-state index contributed by atoms with van der Waals surface area (Å²) in [7, 11) is 0. The quantitative estimate of drug-likeness (QED) is 0.498. The Bertz CT molecular complexity index is 715. The van der Waals surface area contributed by atoms with Gasteiger partial charge in [-0.2, -0.15) is 0 Å². The van der Waals surface area contributed by atoms with Crippen LogP contribution in [0.1, 0.15) is 24.8 Å². The van der Waals surface area contributed by atoms with Crippen molar-refractivity contribution in [2.75, 3.05) is 37.6 Å². The van der Waals surface area contributed by atoms with E-state index in [-0.39, 0.29) is 5.97 Å². The third-order valence-corrected chi connectivity index (χ3v) is 5.13. The number of unbranched alkanes of at least 4 members (excludes halogenated alkanes) is 1. The summed E-state index contributed by atoms with van der Waals surface area (Å²) in [5.41, 5.74) is 2.23. The summed E-state index contributed by atoms with van der Waals surface area (Å²) < 4.78 is 5.32. The number of carbonyl (C=O) groups excluding carboxylic acids is 1. The molecule has 0 N–H and O–H groups in total. The second kappa shape index (κ2) is 10.3. The third kappa shape index (κ3) is 6.56. The number of rotatable bonds is 8. The van der Waals surface area contributed by atoms with Gasteiger partial charge in [0.25, 0.3) is 0 Å². The molecule has 1 heterocycles. The van der Waals surface area contributed by atoms with Crippen LogP contribution in [0.15, 0.2) is 54.6 Å². The van der Waals surface area contributed by atoms with Crippen molar-refractivity contribution in [3.05, 3.63) is 65.2 Å². The van der Waals surface area contributed by atoms with Gasteiger partial charge in [-0.25, -0.2) is 0 Å². The molecule has 0 bridgehead atoms. The second-order valence-corrected chi connectivity index (χ2v) is 7.35. The van der Waals surface area contributed by atoms with Crippen LogP contribution in [0.3, 0.4) is 0 Å². The van der Waals surface area contributed by atoms with Crippen LogP contribution in [0.25, 0.3) is 0 Å². The Kier molecular flexibility index (Phi) is 7.55. The molecule has 0 atom stereocenters. The number of hydrogen-bond donors (Lipinski definition) is 0. The van der Waals surface area contributed by atoms with Crippen molar-refractivity contribution in [3.63, 3.8) is 0 Å². The van der Waals surface area contributed by atoms with Crippen LogP contribution in [-0.2, 0) is 16.1 Å². The smallest absolute Gasteiger partial charge is 0.306 e. The van der Waals surface area contributed by atoms with Crippen molar-refractivity contribution in [3.8, 4) is 0 Å². The van der Waals surface area contributed by atoms with Gasteiger partial charge in [0.05, 0.1) is 0 Å². The molecular weight excluding hydrogens is 360 g/mol. The number of anilines is 1. The minimum Gasteiger partial charge on any atom is -0.461 e. The molecule has 0 unspecified atom stereocenters. The molecule has 1 fully saturated rings. The second-order valence-electron chi connectivity index (χ2n) is 6.91. The number of piperazine rings is 1. The normalized spacial score (nSPS) is 14.9. The maximum atomic E-state index is 11.8. The van der Waals surface area contributed by atoms with Crippen molar-refractivity contribution >= 4 is 23.3 Å². The third-order valence-electron chi connectivity index (χ3n) is 4.89. The molecule has 3 rings (SSSR count). The summed E-state index contributed by atoms with van der Waals surface area (Å²) >= 11 is 6.09. The van der Waals surface area contributed by atoms with E-state index < -0.39 is 0 Å². The molecule has 1 aliphatic heterocycles. The lowest BCUT2D eigenvalue weighted by atomic mass is 10.2. The highest BCUT2D eigenvalue weighted by atomic mass is 35.5. The van der Waals surface area contributed by atoms with Crippen LogP contribution in [-0.4, -0.2) is 43.6 Å². The maximum absolute atomic E-state index is 11.8. The summed E-state index contributed by atoms with van der Waals surface area (Å²) in [5.74, 6) is -0.107. The molecule has 144 valence electrons. The maximum Gasteiger partial charge on any atom is 0.306 e. The molecule has 0 spiro atoms. The van der Waals surface area contributed by atoms with Gasteiger partial charge in [0, 0.05) is 43.3 Å². The number of halogens is 1. The first-order valence-corrected chi connectivity index (χ1v) is 10.0. The van der Waals surface area contributed by atoms with Crippen LogP contribution in [0.5, 0.6) is 0 Å². The molecule has 0 amide bonds. The lowest BCUT2D eigenvalue weighted by Crippen LogP contribution is -2.46. The minimum atomic E-state index is -0.107. The van der Waals surface area contributed by atoms with E-state index in [1.165, 1.54) is 5.69 Å². The van der Waals surface area contributed by atoms with Crippen LogP contribution in [0, 0.1) is 0 Å². The van der Waals surface area contributed by atoms with Crippen molar-refractivity contribution < 1.29 is 9.53 Å². The van der Waals surface area contributed by atoms with Crippen LogP contribution in [0.4, 0.5) is 5.69 Å². The summed E-state index contributed by atoms with van der Waals surface area (Å²) in [4.78, 5) is 16.7. The fourth-order valence-corrected chi connectivity index (χ4v) is 3.50. The monoisotopic (exact) mass is 386 g/mol. The summed E-state index contributed by atoms with van der Waals surface area (Å²) in [6.45, 7) is 5.52. The van der Waals surface area contributed by atoms with Gasteiger partial charge in [-0.15, -0.1) is 0 Å². The van der Waals surface area contributed by atoms with E-state index in [9.17, 15) is 4.79 Å². The Hall–Kier alpha value is -2.04. The predicted molar refractivity (Wildman–Crippen MR) is 110 cm³/mol. The largest absolute Gasteiger partial charge is 0.461 e. The summed E-state index contributed by atoms with van der Waals surface area (Å²) in [6, 6.07) is 17.9. The van der Waals surface area contributed by atoms with Gasteiger partial charge in [-0.1, -0.05) is 48.0 Å². The molecule has 4 nitrogen and oxygen atoms in total. The number of hydrogen-bond acceptors (Lipinski definition) is 4. The average Bonchev–Trinajstić information content (AvgIpc) is 2.71. The lowest BCUT2D eigenvalue weighted by molar-refractivity contribution is -0.145. The van der Waals surface area contributed by atoms with E-state index in [2.05, 4.69) is 15.9 Å². The fraction of sp³-hybridized carbons (Fsp3) is 0.409. The van der Waals surface area contributed by atoms with E-state index in [0.717, 1.165) is 56.2 Å². The van der Waals surface area contributed by atoms with Gasteiger partial charge in [0.2, 0.25) is 0 Å². The first-order valence-electron chi connectivity index (χ1n) is 9.63. The topological polar surface area (TPSA) is 32.8 Å². The van der Waals surface area contributed by atoms with Gasteiger partial charge >= 0.3 is 5.97 Å². The van der Waals surface area contributed by atoms with Crippen molar-refractivity contribution in [1.29, 1.82) is 0 Å². The Balaban J connectivity index is 1.27. The van der Waals surface area contributed by atoms with Crippen LogP contribution in [0.2, 0.25) is 5.02 Å². The van der Waals surface area contributed by atoms with Crippen molar-refractivity contribution in [2.24, 2.45) is 0 Å². The zero-order valence-corrected chi connectivity index (χ0v) is 16.4. The highest BCUT2D eigenvalue weighted by molar-refractivity contribution is 6.30. The number of carbonyl (C=O) groups is 1.